The number of benzene rings is 3. The van der Waals surface area contributed by atoms with Gasteiger partial charge in [0, 0.05) is 11.6 Å². The maximum atomic E-state index is 12.7. The van der Waals surface area contributed by atoms with Crippen LogP contribution >= 0.6 is 0 Å². The molecule has 0 saturated carbocycles. The molecule has 0 bridgehead atoms. The topological polar surface area (TPSA) is 75.3 Å². The smallest absolute Gasteiger partial charge is 0.251 e. The summed E-state index contributed by atoms with van der Waals surface area (Å²) in [4.78, 5) is 12.8. The Bertz CT molecular complexity index is 1100. The quantitative estimate of drug-likeness (QED) is 0.661. The third-order valence-electron chi connectivity index (χ3n) is 4.43. The molecule has 28 heavy (non-hydrogen) atoms. The van der Waals surface area contributed by atoms with Crippen LogP contribution in [0.3, 0.4) is 0 Å². The molecule has 3 aromatic carbocycles. The number of hydrogen-bond donors (Lipinski definition) is 2. The lowest BCUT2D eigenvalue weighted by atomic mass is 9.99. The fourth-order valence-corrected chi connectivity index (χ4v) is 4.47. The largest absolute Gasteiger partial charge is 0.345 e. The second kappa shape index (κ2) is 8.12. The van der Waals surface area contributed by atoms with Crippen molar-refractivity contribution in [2.24, 2.45) is 0 Å². The molecule has 1 amide bonds. The van der Waals surface area contributed by atoms with E-state index >= 15 is 0 Å². The van der Waals surface area contributed by atoms with Crippen molar-refractivity contribution in [3.05, 3.63) is 77.9 Å². The van der Waals surface area contributed by atoms with Crippen LogP contribution < -0.4 is 10.0 Å². The van der Waals surface area contributed by atoms with Crippen LogP contribution in [0.1, 0.15) is 42.7 Å². The molecule has 3 rings (SSSR count). The first kappa shape index (κ1) is 20.0. The standard InChI is InChI=1S/C22H24N2O3S/c1-15(2)24-28(26,27)19-11-6-10-18(14-19)22(25)23-16(3)20-13-7-9-17-8-4-5-12-21(17)20/h4-16,24H,1-3H3,(H,23,25). The Morgan fingerprint density at radius 3 is 2.32 bits per heavy atom. The van der Waals surface area contributed by atoms with Crippen LogP contribution in [0.25, 0.3) is 10.8 Å². The van der Waals surface area contributed by atoms with E-state index < -0.39 is 10.0 Å². The average Bonchev–Trinajstić information content (AvgIpc) is 2.66. The summed E-state index contributed by atoms with van der Waals surface area (Å²) in [6, 6.07) is 19.6. The van der Waals surface area contributed by atoms with Gasteiger partial charge in [-0.05, 0) is 55.3 Å². The highest BCUT2D eigenvalue weighted by atomic mass is 32.2. The molecule has 5 nitrogen and oxygen atoms in total. The zero-order valence-corrected chi connectivity index (χ0v) is 17.0. The molecule has 0 aromatic heterocycles. The molecule has 0 radical (unpaired) electrons. The minimum absolute atomic E-state index is 0.0756. The van der Waals surface area contributed by atoms with Crippen molar-refractivity contribution < 1.29 is 13.2 Å². The summed E-state index contributed by atoms with van der Waals surface area (Å²) >= 11 is 0. The number of fused-ring (bicyclic) bond motifs is 1. The fraction of sp³-hybridized carbons (Fsp3) is 0.227. The van der Waals surface area contributed by atoms with Crippen LogP contribution in [-0.4, -0.2) is 20.4 Å². The number of carbonyl (C=O) groups excluding carboxylic acids is 1. The van der Waals surface area contributed by atoms with E-state index in [0.29, 0.717) is 5.56 Å². The van der Waals surface area contributed by atoms with Crippen molar-refractivity contribution >= 4 is 26.7 Å². The van der Waals surface area contributed by atoms with Gasteiger partial charge in [0.2, 0.25) is 10.0 Å². The highest BCUT2D eigenvalue weighted by Gasteiger charge is 2.18. The van der Waals surface area contributed by atoms with Gasteiger partial charge in [-0.15, -0.1) is 0 Å². The summed E-state index contributed by atoms with van der Waals surface area (Å²) in [5, 5.41) is 5.15. The van der Waals surface area contributed by atoms with Gasteiger partial charge in [0.25, 0.3) is 5.91 Å². The molecule has 146 valence electrons. The monoisotopic (exact) mass is 396 g/mol. The van der Waals surface area contributed by atoms with E-state index in [1.807, 2.05) is 49.4 Å². The van der Waals surface area contributed by atoms with E-state index in [0.717, 1.165) is 16.3 Å². The Hall–Kier alpha value is -2.70. The van der Waals surface area contributed by atoms with Gasteiger partial charge in [-0.25, -0.2) is 13.1 Å². The highest BCUT2D eigenvalue weighted by Crippen LogP contribution is 2.24. The summed E-state index contributed by atoms with van der Waals surface area (Å²) in [7, 11) is -3.65. The third kappa shape index (κ3) is 4.40. The Morgan fingerprint density at radius 2 is 1.57 bits per heavy atom. The normalized spacial score (nSPS) is 12.9. The van der Waals surface area contributed by atoms with Crippen molar-refractivity contribution in [3.8, 4) is 0 Å². The molecule has 3 aromatic rings. The number of nitrogens with one attached hydrogen (secondary N) is 2. The summed E-state index contributed by atoms with van der Waals surface area (Å²) in [5.74, 6) is -0.318. The number of amides is 1. The predicted octanol–water partition coefficient (Wildman–Crippen LogP) is 4.02. The first-order valence-electron chi connectivity index (χ1n) is 9.19. The van der Waals surface area contributed by atoms with E-state index in [2.05, 4.69) is 10.0 Å². The van der Waals surface area contributed by atoms with E-state index in [1.54, 1.807) is 26.0 Å². The van der Waals surface area contributed by atoms with Crippen LogP contribution in [0.2, 0.25) is 0 Å². The Labute approximate surface area is 165 Å². The minimum Gasteiger partial charge on any atom is -0.345 e. The lowest BCUT2D eigenvalue weighted by Crippen LogP contribution is -2.31. The van der Waals surface area contributed by atoms with Crippen LogP contribution in [0.15, 0.2) is 71.6 Å². The molecule has 2 N–H and O–H groups in total. The summed E-state index contributed by atoms with van der Waals surface area (Å²) in [6.07, 6.45) is 0. The van der Waals surface area contributed by atoms with Crippen molar-refractivity contribution in [2.45, 2.75) is 37.8 Å². The van der Waals surface area contributed by atoms with E-state index in [9.17, 15) is 13.2 Å². The van der Waals surface area contributed by atoms with Crippen molar-refractivity contribution in [1.29, 1.82) is 0 Å². The van der Waals surface area contributed by atoms with E-state index in [4.69, 9.17) is 0 Å². The lowest BCUT2D eigenvalue weighted by Gasteiger charge is -2.17. The molecular formula is C22H24N2O3S. The van der Waals surface area contributed by atoms with Crippen LogP contribution in [-0.2, 0) is 10.0 Å². The number of rotatable bonds is 6. The molecular weight excluding hydrogens is 372 g/mol. The Kier molecular flexibility index (Phi) is 5.82. The zero-order valence-electron chi connectivity index (χ0n) is 16.1. The molecule has 0 aliphatic carbocycles. The SMILES string of the molecule is CC(C)NS(=O)(=O)c1cccc(C(=O)NC(C)c2cccc3ccccc23)c1. The van der Waals surface area contributed by atoms with E-state index in [-0.39, 0.29) is 22.9 Å². The first-order valence-corrected chi connectivity index (χ1v) is 10.7. The number of carbonyl (C=O) groups is 1. The van der Waals surface area contributed by atoms with Gasteiger partial charge in [-0.3, -0.25) is 4.79 Å². The highest BCUT2D eigenvalue weighted by molar-refractivity contribution is 7.89. The fourth-order valence-electron chi connectivity index (χ4n) is 3.17. The van der Waals surface area contributed by atoms with Gasteiger partial charge >= 0.3 is 0 Å². The maximum Gasteiger partial charge on any atom is 0.251 e. The van der Waals surface area contributed by atoms with Gasteiger partial charge < -0.3 is 5.32 Å². The van der Waals surface area contributed by atoms with Crippen molar-refractivity contribution in [2.75, 3.05) is 0 Å². The van der Waals surface area contributed by atoms with Gasteiger partial charge in [0.15, 0.2) is 0 Å². The minimum atomic E-state index is -3.65. The summed E-state index contributed by atoms with van der Waals surface area (Å²) in [6.45, 7) is 5.42. The summed E-state index contributed by atoms with van der Waals surface area (Å²) < 4.78 is 27.3. The van der Waals surface area contributed by atoms with Gasteiger partial charge in [0.05, 0.1) is 10.9 Å². The molecule has 6 heteroatoms. The molecule has 0 spiro atoms. The average molecular weight is 397 g/mol. The predicted molar refractivity (Wildman–Crippen MR) is 112 cm³/mol. The second-order valence-corrected chi connectivity index (χ2v) is 8.78. The van der Waals surface area contributed by atoms with E-state index in [1.165, 1.54) is 12.1 Å². The molecule has 0 aliphatic heterocycles. The van der Waals surface area contributed by atoms with Crippen molar-refractivity contribution in [1.82, 2.24) is 10.0 Å². The zero-order chi connectivity index (χ0) is 20.3. The third-order valence-corrected chi connectivity index (χ3v) is 6.09. The van der Waals surface area contributed by atoms with Gasteiger partial charge in [-0.2, -0.15) is 0 Å². The van der Waals surface area contributed by atoms with Gasteiger partial charge in [-0.1, -0.05) is 48.5 Å². The lowest BCUT2D eigenvalue weighted by molar-refractivity contribution is 0.0940. The number of hydrogen-bond acceptors (Lipinski definition) is 3. The molecule has 0 fully saturated rings. The molecule has 1 unspecified atom stereocenters. The van der Waals surface area contributed by atoms with Gasteiger partial charge in [0.1, 0.15) is 0 Å². The summed E-state index contributed by atoms with van der Waals surface area (Å²) in [5.41, 5.74) is 1.32. The van der Waals surface area contributed by atoms with Crippen LogP contribution in [0.4, 0.5) is 0 Å². The van der Waals surface area contributed by atoms with Crippen LogP contribution in [0.5, 0.6) is 0 Å². The molecule has 1 atom stereocenters. The number of sulfonamides is 1. The second-order valence-electron chi connectivity index (χ2n) is 7.07. The van der Waals surface area contributed by atoms with Crippen LogP contribution in [0, 0.1) is 0 Å². The Balaban J connectivity index is 1.84. The van der Waals surface area contributed by atoms with Crippen molar-refractivity contribution in [3.63, 3.8) is 0 Å². The molecule has 0 heterocycles. The Morgan fingerprint density at radius 1 is 0.893 bits per heavy atom. The maximum absolute atomic E-state index is 12.7. The first-order chi connectivity index (χ1) is 13.3. The molecule has 0 aliphatic rings. The molecule has 0 saturated heterocycles.